The second kappa shape index (κ2) is 9.25. The van der Waals surface area contributed by atoms with E-state index in [2.05, 4.69) is 71.3 Å². The second-order valence-electron chi connectivity index (χ2n) is 5.91. The van der Waals surface area contributed by atoms with Gasteiger partial charge >= 0.3 is 0 Å². The first-order chi connectivity index (χ1) is 7.83. The fraction of sp³-hybridized carbons (Fsp3) is 1.00. The minimum absolute atomic E-state index is 0.417. The molecule has 0 unspecified atom stereocenters. The van der Waals surface area contributed by atoms with Gasteiger partial charge in [0.2, 0.25) is 0 Å². The molecule has 0 aliphatic carbocycles. The zero-order valence-corrected chi connectivity index (χ0v) is 15.8. The van der Waals surface area contributed by atoms with Crippen LogP contribution >= 0.6 is 43.6 Å². The summed E-state index contributed by atoms with van der Waals surface area (Å²) in [5.41, 5.74) is 0. The van der Waals surface area contributed by atoms with Crippen molar-refractivity contribution < 1.29 is 0 Å². The number of halogens is 2. The molecule has 0 aromatic rings. The van der Waals surface area contributed by atoms with Crippen molar-refractivity contribution in [1.29, 1.82) is 0 Å². The van der Waals surface area contributed by atoms with Crippen LogP contribution in [0, 0.1) is 0 Å². The summed E-state index contributed by atoms with van der Waals surface area (Å²) >= 11 is 9.19. The summed E-state index contributed by atoms with van der Waals surface area (Å²) in [5, 5.41) is 2.28. The molecule has 0 rings (SSSR count). The van der Waals surface area contributed by atoms with E-state index in [9.17, 15) is 0 Å². The van der Waals surface area contributed by atoms with Crippen molar-refractivity contribution in [2.75, 3.05) is 10.7 Å². The van der Waals surface area contributed by atoms with Crippen LogP contribution in [0.15, 0.2) is 0 Å². The highest BCUT2D eigenvalue weighted by atomic mass is 79.9. The molecular formula is C14H28Br2S. The molecule has 0 N–H and O–H groups in total. The quantitative estimate of drug-likeness (QED) is 0.308. The zero-order valence-electron chi connectivity index (χ0n) is 11.8. The summed E-state index contributed by atoms with van der Waals surface area (Å²) in [6.07, 6.45) is 7.92. The molecule has 0 amide bonds. The van der Waals surface area contributed by atoms with E-state index in [0.29, 0.717) is 9.49 Å². The van der Waals surface area contributed by atoms with E-state index in [1.165, 1.54) is 38.5 Å². The fourth-order valence-corrected chi connectivity index (χ4v) is 4.92. The lowest BCUT2D eigenvalue weighted by molar-refractivity contribution is 0.557. The third kappa shape index (κ3) is 10.9. The Kier molecular flexibility index (Phi) is 9.96. The average molecular weight is 388 g/mol. The van der Waals surface area contributed by atoms with E-state index < -0.39 is 0 Å². The Bertz CT molecular complexity index is 171. The van der Waals surface area contributed by atoms with Gasteiger partial charge in [0.05, 0.1) is 0 Å². The summed E-state index contributed by atoms with van der Waals surface area (Å²) in [6, 6.07) is 0. The van der Waals surface area contributed by atoms with E-state index in [4.69, 9.17) is 0 Å². The van der Waals surface area contributed by atoms with Gasteiger partial charge in [0.25, 0.3) is 0 Å². The van der Waals surface area contributed by atoms with Gasteiger partial charge in [-0.2, -0.15) is 0 Å². The standard InChI is InChI=1S/C14H28Br2S/c1-13(2,9-5-7-11-15)17-14(3,4)10-6-8-12-16/h5-12H2,1-4H3. The topological polar surface area (TPSA) is 0 Å². The SMILES string of the molecule is CC(C)(CCCCBr)SC(C)(C)CCCCBr. The molecule has 17 heavy (non-hydrogen) atoms. The van der Waals surface area contributed by atoms with Gasteiger partial charge in [0.15, 0.2) is 0 Å². The highest BCUT2D eigenvalue weighted by Gasteiger charge is 2.28. The predicted octanol–water partition coefficient (Wildman–Crippen LogP) is 6.41. The van der Waals surface area contributed by atoms with Crippen molar-refractivity contribution in [3.63, 3.8) is 0 Å². The lowest BCUT2D eigenvalue weighted by atomic mass is 10.1. The van der Waals surface area contributed by atoms with Crippen molar-refractivity contribution in [3.05, 3.63) is 0 Å². The van der Waals surface area contributed by atoms with Crippen LogP contribution in [0.25, 0.3) is 0 Å². The summed E-state index contributed by atoms with van der Waals surface area (Å²) in [6.45, 7) is 9.60. The number of rotatable bonds is 10. The Morgan fingerprint density at radius 3 is 1.35 bits per heavy atom. The lowest BCUT2D eigenvalue weighted by Gasteiger charge is -2.35. The number of hydrogen-bond donors (Lipinski definition) is 0. The van der Waals surface area contributed by atoms with Crippen molar-refractivity contribution >= 4 is 43.6 Å². The molecule has 0 spiro atoms. The first kappa shape index (κ1) is 18.3. The predicted molar refractivity (Wildman–Crippen MR) is 91.0 cm³/mol. The Morgan fingerprint density at radius 2 is 1.06 bits per heavy atom. The van der Waals surface area contributed by atoms with Gasteiger partial charge in [-0.15, -0.1) is 11.8 Å². The van der Waals surface area contributed by atoms with E-state index in [-0.39, 0.29) is 0 Å². The van der Waals surface area contributed by atoms with E-state index >= 15 is 0 Å². The van der Waals surface area contributed by atoms with Crippen LogP contribution in [0.1, 0.15) is 66.2 Å². The maximum absolute atomic E-state index is 3.51. The molecule has 0 atom stereocenters. The Labute approximate surface area is 129 Å². The number of hydrogen-bond acceptors (Lipinski definition) is 1. The van der Waals surface area contributed by atoms with Gasteiger partial charge < -0.3 is 0 Å². The minimum Gasteiger partial charge on any atom is -0.149 e. The smallest absolute Gasteiger partial charge is 0.0109 e. The molecule has 0 aliphatic heterocycles. The van der Waals surface area contributed by atoms with Gasteiger partial charge in [-0.05, 0) is 25.7 Å². The molecule has 0 radical (unpaired) electrons. The van der Waals surface area contributed by atoms with Gasteiger partial charge in [0, 0.05) is 20.2 Å². The maximum Gasteiger partial charge on any atom is 0.0109 e. The molecule has 0 saturated heterocycles. The van der Waals surface area contributed by atoms with Gasteiger partial charge in [-0.1, -0.05) is 72.4 Å². The number of alkyl halides is 2. The first-order valence-corrected chi connectivity index (χ1v) is 9.71. The van der Waals surface area contributed by atoms with E-state index in [0.717, 1.165) is 10.7 Å². The number of thioether (sulfide) groups is 1. The average Bonchev–Trinajstić information content (AvgIpc) is 2.16. The third-order valence-corrected chi connectivity index (χ3v) is 5.51. The summed E-state index contributed by atoms with van der Waals surface area (Å²) in [5.74, 6) is 0. The van der Waals surface area contributed by atoms with Gasteiger partial charge in [-0.25, -0.2) is 0 Å². The van der Waals surface area contributed by atoms with Crippen molar-refractivity contribution in [2.45, 2.75) is 75.7 Å². The highest BCUT2D eigenvalue weighted by Crippen LogP contribution is 2.42. The molecule has 0 bridgehead atoms. The monoisotopic (exact) mass is 386 g/mol. The van der Waals surface area contributed by atoms with Crippen LogP contribution in [-0.4, -0.2) is 20.2 Å². The molecule has 3 heteroatoms. The Morgan fingerprint density at radius 1 is 0.706 bits per heavy atom. The van der Waals surface area contributed by atoms with Crippen molar-refractivity contribution in [3.8, 4) is 0 Å². The van der Waals surface area contributed by atoms with Crippen LogP contribution in [0.4, 0.5) is 0 Å². The highest BCUT2D eigenvalue weighted by molar-refractivity contribution is 9.09. The lowest BCUT2D eigenvalue weighted by Crippen LogP contribution is -2.26. The Hall–Kier alpha value is 1.31. The molecule has 0 aromatic heterocycles. The fourth-order valence-electron chi connectivity index (χ4n) is 2.14. The van der Waals surface area contributed by atoms with Crippen LogP contribution in [0.3, 0.4) is 0 Å². The third-order valence-electron chi connectivity index (χ3n) is 2.88. The van der Waals surface area contributed by atoms with E-state index in [1.54, 1.807) is 0 Å². The van der Waals surface area contributed by atoms with E-state index in [1.807, 2.05) is 0 Å². The van der Waals surface area contributed by atoms with Crippen LogP contribution in [-0.2, 0) is 0 Å². The molecule has 0 heterocycles. The second-order valence-corrected chi connectivity index (χ2v) is 9.91. The van der Waals surface area contributed by atoms with Crippen LogP contribution in [0.5, 0.6) is 0 Å². The Balaban J connectivity index is 3.99. The van der Waals surface area contributed by atoms with Crippen molar-refractivity contribution in [2.24, 2.45) is 0 Å². The minimum atomic E-state index is 0.417. The van der Waals surface area contributed by atoms with Crippen LogP contribution < -0.4 is 0 Å². The molecular weight excluding hydrogens is 360 g/mol. The van der Waals surface area contributed by atoms with Crippen molar-refractivity contribution in [1.82, 2.24) is 0 Å². The molecule has 0 aromatic carbocycles. The van der Waals surface area contributed by atoms with Crippen LogP contribution in [0.2, 0.25) is 0 Å². The summed E-state index contributed by atoms with van der Waals surface area (Å²) in [7, 11) is 0. The maximum atomic E-state index is 3.51. The molecule has 0 nitrogen and oxygen atoms in total. The molecule has 0 aliphatic rings. The molecule has 0 saturated carbocycles. The summed E-state index contributed by atoms with van der Waals surface area (Å²) < 4.78 is 0.833. The van der Waals surface area contributed by atoms with Gasteiger partial charge in [0.1, 0.15) is 0 Å². The molecule has 0 fully saturated rings. The normalized spacial score (nSPS) is 13.1. The first-order valence-electron chi connectivity index (χ1n) is 6.65. The number of unbranched alkanes of at least 4 members (excludes halogenated alkanes) is 2. The van der Waals surface area contributed by atoms with Gasteiger partial charge in [-0.3, -0.25) is 0 Å². The molecule has 104 valence electrons. The largest absolute Gasteiger partial charge is 0.149 e. The summed E-state index contributed by atoms with van der Waals surface area (Å²) in [4.78, 5) is 0. The zero-order chi connectivity index (χ0) is 13.4.